The van der Waals surface area contributed by atoms with Crippen LogP contribution in [-0.4, -0.2) is 27.6 Å². The smallest absolute Gasteiger partial charge is 0.203 e. The zero-order valence-corrected chi connectivity index (χ0v) is 19.1. The number of fused-ring (bicyclic) bond motifs is 1. The van der Waals surface area contributed by atoms with Gasteiger partial charge in [-0.15, -0.1) is 0 Å². The highest BCUT2D eigenvalue weighted by Gasteiger charge is 2.49. The van der Waals surface area contributed by atoms with E-state index in [9.17, 15) is 5.26 Å². The number of nitriles is 1. The molecule has 2 aliphatic heterocycles. The molecule has 0 aromatic heterocycles. The van der Waals surface area contributed by atoms with Crippen molar-refractivity contribution >= 4 is 23.2 Å². The molecule has 8 nitrogen and oxygen atoms in total. The summed E-state index contributed by atoms with van der Waals surface area (Å²) in [6, 6.07) is 11.0. The van der Waals surface area contributed by atoms with Gasteiger partial charge in [0.05, 0.1) is 43.0 Å². The van der Waals surface area contributed by atoms with Crippen LogP contribution in [0.4, 0.5) is 0 Å². The van der Waals surface area contributed by atoms with Crippen LogP contribution in [0.3, 0.4) is 0 Å². The Morgan fingerprint density at radius 1 is 0.969 bits per heavy atom. The predicted octanol–water partition coefficient (Wildman–Crippen LogP) is 3.62. The maximum Gasteiger partial charge on any atom is 0.203 e. The average Bonchev–Trinajstić information content (AvgIpc) is 3.22. The minimum atomic E-state index is -0.490. The number of hydrogen-bond acceptors (Lipinski definition) is 8. The van der Waals surface area contributed by atoms with Gasteiger partial charge in [0.1, 0.15) is 6.07 Å². The summed E-state index contributed by atoms with van der Waals surface area (Å²) in [4.78, 5) is 0. The summed E-state index contributed by atoms with van der Waals surface area (Å²) in [7, 11) is 4.67. The van der Waals surface area contributed by atoms with Crippen LogP contribution in [0.15, 0.2) is 41.8 Å². The van der Waals surface area contributed by atoms with Crippen molar-refractivity contribution < 1.29 is 18.9 Å². The number of benzene rings is 2. The molecule has 2 aromatic rings. The number of allylic oxidation sites excluding steroid dienone is 1. The van der Waals surface area contributed by atoms with E-state index in [1.54, 1.807) is 33.5 Å². The SMILES string of the molecule is COc1cc(C2NNC3OC(N)=C(C#N)C(c4ccc(Cl)c(Cl)c4)C32)cc(OC)c1OC. The number of nitrogens with zero attached hydrogens (tertiary/aromatic N) is 1. The predicted molar refractivity (Wildman–Crippen MR) is 120 cm³/mol. The largest absolute Gasteiger partial charge is 0.493 e. The molecule has 10 heteroatoms. The zero-order chi connectivity index (χ0) is 23.0. The molecule has 4 rings (SSSR count). The second-order valence-electron chi connectivity index (χ2n) is 7.38. The second-order valence-corrected chi connectivity index (χ2v) is 8.20. The molecule has 2 aliphatic rings. The van der Waals surface area contributed by atoms with Crippen molar-refractivity contribution in [2.24, 2.45) is 11.7 Å². The first-order chi connectivity index (χ1) is 15.4. The Bertz CT molecular complexity index is 1090. The molecule has 4 unspecified atom stereocenters. The molecule has 0 aliphatic carbocycles. The van der Waals surface area contributed by atoms with Crippen molar-refractivity contribution in [1.82, 2.24) is 10.9 Å². The van der Waals surface area contributed by atoms with Crippen molar-refractivity contribution in [3.63, 3.8) is 0 Å². The van der Waals surface area contributed by atoms with Crippen LogP contribution in [0, 0.1) is 17.2 Å². The normalized spacial score (nSPS) is 24.4. The molecule has 1 fully saturated rings. The Morgan fingerprint density at radius 2 is 1.66 bits per heavy atom. The Hall–Kier alpha value is -2.83. The standard InChI is InChI=1S/C22H22Cl2N4O4/c1-29-15-7-11(8-16(30-2)20(15)31-3)19-18-17(10-4-5-13(23)14(24)6-10)12(9-25)21(26)32-22(18)28-27-19/h4-8,17-19,22,27-28H,26H2,1-3H3. The summed E-state index contributed by atoms with van der Waals surface area (Å²) < 4.78 is 22.3. The number of nitrogens with one attached hydrogen (secondary N) is 2. The number of hydrogen-bond donors (Lipinski definition) is 3. The monoisotopic (exact) mass is 476 g/mol. The van der Waals surface area contributed by atoms with E-state index in [0.717, 1.165) is 11.1 Å². The number of methoxy groups -OCH3 is 3. The van der Waals surface area contributed by atoms with Crippen molar-refractivity contribution in [2.75, 3.05) is 21.3 Å². The topological polar surface area (TPSA) is 111 Å². The Labute approximate surface area is 195 Å². The van der Waals surface area contributed by atoms with Gasteiger partial charge in [-0.05, 0) is 35.4 Å². The molecule has 4 N–H and O–H groups in total. The molecule has 4 atom stereocenters. The minimum Gasteiger partial charge on any atom is -0.493 e. The van der Waals surface area contributed by atoms with Crippen LogP contribution in [-0.2, 0) is 4.74 Å². The van der Waals surface area contributed by atoms with E-state index in [1.807, 2.05) is 18.2 Å². The lowest BCUT2D eigenvalue weighted by Gasteiger charge is -2.36. The maximum absolute atomic E-state index is 9.90. The van der Waals surface area contributed by atoms with Crippen LogP contribution in [0.25, 0.3) is 0 Å². The van der Waals surface area contributed by atoms with Gasteiger partial charge >= 0.3 is 0 Å². The molecule has 2 heterocycles. The fourth-order valence-electron chi connectivity index (χ4n) is 4.37. The van der Waals surface area contributed by atoms with Gasteiger partial charge < -0.3 is 24.7 Å². The summed E-state index contributed by atoms with van der Waals surface area (Å²) in [5.41, 5.74) is 14.5. The first-order valence-corrected chi connectivity index (χ1v) is 10.5. The second kappa shape index (κ2) is 8.96. The van der Waals surface area contributed by atoms with Gasteiger partial charge in [-0.3, -0.25) is 0 Å². The third-order valence-corrected chi connectivity index (χ3v) is 6.54. The number of ether oxygens (including phenoxy) is 4. The molecule has 0 saturated carbocycles. The summed E-state index contributed by atoms with van der Waals surface area (Å²) in [6.45, 7) is 0. The summed E-state index contributed by atoms with van der Waals surface area (Å²) in [5, 5.41) is 10.7. The van der Waals surface area contributed by atoms with E-state index >= 15 is 0 Å². The third kappa shape index (κ3) is 3.67. The van der Waals surface area contributed by atoms with Crippen LogP contribution >= 0.6 is 23.2 Å². The molecule has 168 valence electrons. The average molecular weight is 477 g/mol. The molecule has 2 aromatic carbocycles. The van der Waals surface area contributed by atoms with Crippen LogP contribution in [0.5, 0.6) is 17.2 Å². The van der Waals surface area contributed by atoms with Gasteiger partial charge in [-0.25, -0.2) is 10.9 Å². The van der Waals surface area contributed by atoms with E-state index in [4.69, 9.17) is 47.9 Å². The van der Waals surface area contributed by atoms with Gasteiger partial charge in [0.2, 0.25) is 11.6 Å². The maximum atomic E-state index is 9.90. The summed E-state index contributed by atoms with van der Waals surface area (Å²) in [6.07, 6.45) is -0.490. The molecule has 0 bridgehead atoms. The molecule has 0 amide bonds. The van der Waals surface area contributed by atoms with E-state index in [0.29, 0.717) is 32.9 Å². The summed E-state index contributed by atoms with van der Waals surface area (Å²) in [5.74, 6) is 0.946. The van der Waals surface area contributed by atoms with Gasteiger partial charge in [0.25, 0.3) is 0 Å². The van der Waals surface area contributed by atoms with Crippen LogP contribution < -0.4 is 30.8 Å². The van der Waals surface area contributed by atoms with Crippen molar-refractivity contribution in [3.05, 3.63) is 63.0 Å². The highest BCUT2D eigenvalue weighted by atomic mass is 35.5. The van der Waals surface area contributed by atoms with Gasteiger partial charge in [-0.1, -0.05) is 29.3 Å². The van der Waals surface area contributed by atoms with Crippen molar-refractivity contribution in [3.8, 4) is 23.3 Å². The lowest BCUT2D eigenvalue weighted by Crippen LogP contribution is -2.41. The molecule has 1 saturated heterocycles. The van der Waals surface area contributed by atoms with Gasteiger partial charge in [0, 0.05) is 11.8 Å². The highest BCUT2D eigenvalue weighted by Crippen LogP contribution is 2.50. The fourth-order valence-corrected chi connectivity index (χ4v) is 4.67. The van der Waals surface area contributed by atoms with Gasteiger partial charge in [-0.2, -0.15) is 5.26 Å². The first-order valence-electron chi connectivity index (χ1n) is 9.75. The Morgan fingerprint density at radius 3 is 2.22 bits per heavy atom. The third-order valence-electron chi connectivity index (χ3n) is 5.80. The van der Waals surface area contributed by atoms with Crippen molar-refractivity contribution in [1.29, 1.82) is 5.26 Å². The van der Waals surface area contributed by atoms with Crippen LogP contribution in [0.2, 0.25) is 10.0 Å². The molecule has 32 heavy (non-hydrogen) atoms. The Balaban J connectivity index is 1.85. The van der Waals surface area contributed by atoms with Crippen molar-refractivity contribution in [2.45, 2.75) is 18.2 Å². The summed E-state index contributed by atoms with van der Waals surface area (Å²) >= 11 is 12.4. The van der Waals surface area contributed by atoms with E-state index in [2.05, 4.69) is 16.9 Å². The van der Waals surface area contributed by atoms with Crippen LogP contribution in [0.1, 0.15) is 23.1 Å². The number of nitrogens with two attached hydrogens (primary N) is 1. The van der Waals surface area contributed by atoms with E-state index in [1.165, 1.54) is 0 Å². The minimum absolute atomic E-state index is 0.0738. The zero-order valence-electron chi connectivity index (χ0n) is 17.6. The van der Waals surface area contributed by atoms with E-state index < -0.39 is 12.1 Å². The quantitative estimate of drug-likeness (QED) is 0.599. The number of rotatable bonds is 5. The molecule has 0 spiro atoms. The van der Waals surface area contributed by atoms with E-state index in [-0.39, 0.29) is 17.8 Å². The highest BCUT2D eigenvalue weighted by molar-refractivity contribution is 6.42. The lowest BCUT2D eigenvalue weighted by atomic mass is 9.74. The Kier molecular flexibility index (Phi) is 6.26. The molecular weight excluding hydrogens is 455 g/mol. The first kappa shape index (κ1) is 22.4. The number of halogens is 2. The lowest BCUT2D eigenvalue weighted by molar-refractivity contribution is 0.0340. The number of hydrazine groups is 1. The molecule has 0 radical (unpaired) electrons. The van der Waals surface area contributed by atoms with Gasteiger partial charge in [0.15, 0.2) is 17.7 Å². The molecular formula is C22H22Cl2N4O4. The fraction of sp³-hybridized carbons (Fsp3) is 0.318.